The van der Waals surface area contributed by atoms with Gasteiger partial charge in [-0.15, -0.1) is 0 Å². The number of ether oxygens (including phenoxy) is 1. The number of carbonyl (C=O) groups is 1. The van der Waals surface area contributed by atoms with Crippen molar-refractivity contribution >= 4 is 5.91 Å². The zero-order chi connectivity index (χ0) is 16.1. The molecule has 1 amide bonds. The lowest BCUT2D eigenvalue weighted by molar-refractivity contribution is -0.129. The molecule has 0 aromatic carbocycles. The molecule has 0 spiro atoms. The molecule has 1 aliphatic carbocycles. The van der Waals surface area contributed by atoms with E-state index >= 15 is 0 Å². The number of nitrogens with zero attached hydrogens (tertiary/aromatic N) is 1. The molecule has 2 atom stereocenters. The van der Waals surface area contributed by atoms with Gasteiger partial charge in [0.1, 0.15) is 0 Å². The van der Waals surface area contributed by atoms with Crippen LogP contribution in [0.25, 0.3) is 0 Å². The van der Waals surface area contributed by atoms with E-state index in [0.29, 0.717) is 6.04 Å². The Morgan fingerprint density at radius 1 is 1.04 bits per heavy atom. The molecule has 1 saturated carbocycles. The number of hydrogen-bond acceptors (Lipinski definition) is 3. The number of rotatable bonds is 4. The van der Waals surface area contributed by atoms with Gasteiger partial charge < -0.3 is 10.1 Å². The third-order valence-electron chi connectivity index (χ3n) is 6.33. The van der Waals surface area contributed by atoms with Crippen molar-refractivity contribution in [2.45, 2.75) is 76.8 Å². The van der Waals surface area contributed by atoms with E-state index in [-0.39, 0.29) is 11.8 Å². The highest BCUT2D eigenvalue weighted by Crippen LogP contribution is 2.32. The highest BCUT2D eigenvalue weighted by Gasteiger charge is 2.32. The number of hydrogen-bond donors (Lipinski definition) is 1. The van der Waals surface area contributed by atoms with Crippen molar-refractivity contribution in [2.24, 2.45) is 11.8 Å². The second kappa shape index (κ2) is 8.48. The van der Waals surface area contributed by atoms with Gasteiger partial charge in [-0.3, -0.25) is 9.69 Å². The van der Waals surface area contributed by atoms with Crippen LogP contribution in [0, 0.1) is 11.8 Å². The maximum Gasteiger partial charge on any atom is 0.223 e. The van der Waals surface area contributed by atoms with Crippen LogP contribution < -0.4 is 5.32 Å². The summed E-state index contributed by atoms with van der Waals surface area (Å²) in [6, 6.07) is 1.20. The lowest BCUT2D eigenvalue weighted by atomic mass is 9.81. The Bertz CT molecular complexity index is 374. The standard InChI is InChI=1S/C19H34N2O2/c1-2-15-5-3-4-6-18(15)21-11-7-17(8-12-21)20-19(22)16-9-13-23-14-10-16/h15-18H,2-14H2,1H3,(H,20,22)/t15-,18+/m0/s1. The van der Waals surface area contributed by atoms with Crippen LogP contribution in [0.1, 0.15) is 64.7 Å². The molecule has 0 aromatic heterocycles. The zero-order valence-electron chi connectivity index (χ0n) is 14.8. The van der Waals surface area contributed by atoms with Crippen LogP contribution in [0.3, 0.4) is 0 Å². The first-order valence-electron chi connectivity index (χ1n) is 9.90. The molecule has 3 rings (SSSR count). The number of carbonyl (C=O) groups excluding carboxylic acids is 1. The summed E-state index contributed by atoms with van der Waals surface area (Å²) >= 11 is 0. The minimum atomic E-state index is 0.185. The molecule has 23 heavy (non-hydrogen) atoms. The van der Waals surface area contributed by atoms with Crippen molar-refractivity contribution in [3.8, 4) is 0 Å². The average Bonchev–Trinajstić information content (AvgIpc) is 2.63. The number of amides is 1. The summed E-state index contributed by atoms with van der Waals surface area (Å²) in [5.74, 6) is 1.36. The Labute approximate surface area is 141 Å². The Hall–Kier alpha value is -0.610. The minimum absolute atomic E-state index is 0.185. The van der Waals surface area contributed by atoms with E-state index in [1.165, 1.54) is 45.2 Å². The second-order valence-electron chi connectivity index (χ2n) is 7.73. The highest BCUT2D eigenvalue weighted by molar-refractivity contribution is 5.79. The minimum Gasteiger partial charge on any atom is -0.381 e. The Morgan fingerprint density at radius 2 is 1.74 bits per heavy atom. The quantitative estimate of drug-likeness (QED) is 0.865. The fraction of sp³-hybridized carbons (Fsp3) is 0.947. The van der Waals surface area contributed by atoms with E-state index in [1.54, 1.807) is 0 Å². The van der Waals surface area contributed by atoms with Crippen LogP contribution in [0.15, 0.2) is 0 Å². The Morgan fingerprint density at radius 3 is 2.43 bits per heavy atom. The van der Waals surface area contributed by atoms with Crippen molar-refractivity contribution in [3.63, 3.8) is 0 Å². The molecule has 132 valence electrons. The molecule has 4 nitrogen and oxygen atoms in total. The van der Waals surface area contributed by atoms with Gasteiger partial charge in [0.15, 0.2) is 0 Å². The molecule has 0 radical (unpaired) electrons. The first-order chi connectivity index (χ1) is 11.3. The van der Waals surface area contributed by atoms with Gasteiger partial charge in [-0.05, 0) is 44.4 Å². The Kier molecular flexibility index (Phi) is 6.35. The summed E-state index contributed by atoms with van der Waals surface area (Å²) in [5.41, 5.74) is 0. The van der Waals surface area contributed by atoms with Gasteiger partial charge in [-0.1, -0.05) is 26.2 Å². The van der Waals surface area contributed by atoms with Gasteiger partial charge in [0.05, 0.1) is 0 Å². The molecule has 0 aromatic rings. The van der Waals surface area contributed by atoms with E-state index in [1.807, 2.05) is 0 Å². The van der Waals surface area contributed by atoms with Gasteiger partial charge in [-0.25, -0.2) is 0 Å². The third-order valence-corrected chi connectivity index (χ3v) is 6.33. The summed E-state index contributed by atoms with van der Waals surface area (Å²) in [6.45, 7) is 6.18. The van der Waals surface area contributed by atoms with E-state index in [4.69, 9.17) is 4.74 Å². The van der Waals surface area contributed by atoms with Gasteiger partial charge >= 0.3 is 0 Å². The molecule has 1 N–H and O–H groups in total. The molecule has 2 heterocycles. The maximum absolute atomic E-state index is 12.4. The molecule has 2 aliphatic heterocycles. The first-order valence-corrected chi connectivity index (χ1v) is 9.90. The smallest absolute Gasteiger partial charge is 0.223 e. The summed E-state index contributed by atoms with van der Waals surface area (Å²) in [7, 11) is 0. The van der Waals surface area contributed by atoms with Crippen LogP contribution in [-0.4, -0.2) is 49.2 Å². The van der Waals surface area contributed by atoms with Gasteiger partial charge in [0, 0.05) is 44.3 Å². The first kappa shape index (κ1) is 17.2. The normalized spacial score (nSPS) is 31.9. The summed E-state index contributed by atoms with van der Waals surface area (Å²) in [4.78, 5) is 15.1. The largest absolute Gasteiger partial charge is 0.381 e. The van der Waals surface area contributed by atoms with Crippen LogP contribution in [0.4, 0.5) is 0 Å². The van der Waals surface area contributed by atoms with Gasteiger partial charge in [0.25, 0.3) is 0 Å². The van der Waals surface area contributed by atoms with E-state index in [9.17, 15) is 4.79 Å². The van der Waals surface area contributed by atoms with E-state index < -0.39 is 0 Å². The summed E-state index contributed by atoms with van der Waals surface area (Å²) < 4.78 is 5.36. The summed E-state index contributed by atoms with van der Waals surface area (Å²) in [5, 5.41) is 3.32. The number of nitrogens with one attached hydrogen (secondary N) is 1. The van der Waals surface area contributed by atoms with Crippen molar-refractivity contribution in [1.29, 1.82) is 0 Å². The molecular formula is C19H34N2O2. The Balaban J connectivity index is 1.43. The number of likely N-dealkylation sites (tertiary alicyclic amines) is 1. The van der Waals surface area contributed by atoms with Crippen LogP contribution in [-0.2, 0) is 9.53 Å². The SMILES string of the molecule is CC[C@H]1CCCC[C@H]1N1CCC(NC(=O)C2CCOCC2)CC1. The molecule has 4 heteroatoms. The van der Waals surface area contributed by atoms with Crippen LogP contribution >= 0.6 is 0 Å². The molecule has 2 saturated heterocycles. The predicted molar refractivity (Wildman–Crippen MR) is 92.3 cm³/mol. The third kappa shape index (κ3) is 4.48. The zero-order valence-corrected chi connectivity index (χ0v) is 14.8. The molecule has 0 unspecified atom stereocenters. The molecule has 3 fully saturated rings. The predicted octanol–water partition coefficient (Wildman–Crippen LogP) is 2.96. The fourth-order valence-electron chi connectivity index (χ4n) is 4.80. The van der Waals surface area contributed by atoms with Gasteiger partial charge in [-0.2, -0.15) is 0 Å². The number of piperidine rings is 1. The summed E-state index contributed by atoms with van der Waals surface area (Å²) in [6.07, 6.45) is 11.0. The van der Waals surface area contributed by atoms with Crippen LogP contribution in [0.2, 0.25) is 0 Å². The fourth-order valence-corrected chi connectivity index (χ4v) is 4.80. The topological polar surface area (TPSA) is 41.6 Å². The average molecular weight is 322 g/mol. The molecule has 3 aliphatic rings. The van der Waals surface area contributed by atoms with Crippen LogP contribution in [0.5, 0.6) is 0 Å². The van der Waals surface area contributed by atoms with Crippen molar-refractivity contribution in [1.82, 2.24) is 10.2 Å². The lowest BCUT2D eigenvalue weighted by Gasteiger charge is -2.43. The van der Waals surface area contributed by atoms with Crippen molar-refractivity contribution in [2.75, 3.05) is 26.3 Å². The monoisotopic (exact) mass is 322 g/mol. The molecular weight excluding hydrogens is 288 g/mol. The lowest BCUT2D eigenvalue weighted by Crippen LogP contribution is -2.51. The van der Waals surface area contributed by atoms with E-state index in [2.05, 4.69) is 17.1 Å². The highest BCUT2D eigenvalue weighted by atomic mass is 16.5. The van der Waals surface area contributed by atoms with Crippen molar-refractivity contribution < 1.29 is 9.53 Å². The maximum atomic E-state index is 12.4. The van der Waals surface area contributed by atoms with Gasteiger partial charge in [0.2, 0.25) is 5.91 Å². The van der Waals surface area contributed by atoms with Crippen molar-refractivity contribution in [3.05, 3.63) is 0 Å². The van der Waals surface area contributed by atoms with E-state index in [0.717, 1.165) is 50.9 Å². The molecule has 0 bridgehead atoms. The second-order valence-corrected chi connectivity index (χ2v) is 7.73.